The first-order chi connectivity index (χ1) is 11.7. The van der Waals surface area contributed by atoms with Crippen LogP contribution in [0.4, 0.5) is 0 Å². The van der Waals surface area contributed by atoms with Gasteiger partial charge in [0.05, 0.1) is 12.0 Å². The van der Waals surface area contributed by atoms with Crippen LogP contribution in [0.15, 0.2) is 24.3 Å². The van der Waals surface area contributed by atoms with Gasteiger partial charge in [0.2, 0.25) is 5.91 Å². The maximum Gasteiger partial charge on any atom is 0.226 e. The van der Waals surface area contributed by atoms with Crippen LogP contribution in [-0.4, -0.2) is 56.7 Å². The lowest BCUT2D eigenvalue weighted by Gasteiger charge is -2.32. The van der Waals surface area contributed by atoms with Crippen molar-refractivity contribution in [3.8, 4) is 0 Å². The number of nitrogens with zero attached hydrogens (tertiary/aromatic N) is 1. The van der Waals surface area contributed by atoms with Crippen LogP contribution < -0.4 is 10.6 Å². The number of amides is 1. The second-order valence-electron chi connectivity index (χ2n) is 6.83. The molecule has 1 amide bonds. The zero-order valence-corrected chi connectivity index (χ0v) is 15.8. The fourth-order valence-corrected chi connectivity index (χ4v) is 3.54. The molecule has 2 saturated heterocycles. The van der Waals surface area contributed by atoms with E-state index < -0.39 is 0 Å². The molecule has 25 heavy (non-hydrogen) atoms. The summed E-state index contributed by atoms with van der Waals surface area (Å²) >= 11 is 0. The number of carbonyl (C=O) groups excluding carboxylic acids is 1. The monoisotopic (exact) mass is 367 g/mol. The Morgan fingerprint density at radius 1 is 1.28 bits per heavy atom. The molecule has 2 N–H and O–H groups in total. The van der Waals surface area contributed by atoms with Crippen LogP contribution in [0.25, 0.3) is 0 Å². The van der Waals surface area contributed by atoms with Crippen LogP contribution in [-0.2, 0) is 9.53 Å². The number of piperazine rings is 1. The molecular formula is C19H30ClN3O2. The van der Waals surface area contributed by atoms with Crippen LogP contribution in [0, 0.1) is 12.8 Å². The van der Waals surface area contributed by atoms with Gasteiger partial charge in [-0.05, 0) is 25.3 Å². The predicted octanol–water partition coefficient (Wildman–Crippen LogP) is 1.91. The second kappa shape index (κ2) is 10.1. The predicted molar refractivity (Wildman–Crippen MR) is 102 cm³/mol. The van der Waals surface area contributed by atoms with E-state index >= 15 is 0 Å². The molecular weight excluding hydrogens is 338 g/mol. The molecule has 0 aliphatic carbocycles. The summed E-state index contributed by atoms with van der Waals surface area (Å²) in [5, 5.41) is 6.48. The van der Waals surface area contributed by atoms with E-state index in [1.807, 2.05) is 0 Å². The highest BCUT2D eigenvalue weighted by Gasteiger charge is 2.32. The molecule has 0 radical (unpaired) electrons. The molecule has 0 saturated carbocycles. The zero-order chi connectivity index (χ0) is 16.8. The number of hydrogen-bond donors (Lipinski definition) is 2. The van der Waals surface area contributed by atoms with Crippen molar-refractivity contribution < 1.29 is 9.53 Å². The first-order valence-electron chi connectivity index (χ1n) is 9.13. The number of halogens is 1. The summed E-state index contributed by atoms with van der Waals surface area (Å²) in [5.74, 6) is 0.0555. The summed E-state index contributed by atoms with van der Waals surface area (Å²) in [6, 6.07) is 8.36. The average molecular weight is 368 g/mol. The molecule has 2 aliphatic rings. The Hall–Kier alpha value is -1.14. The summed E-state index contributed by atoms with van der Waals surface area (Å²) in [5.41, 5.74) is 2.34. The highest BCUT2D eigenvalue weighted by molar-refractivity contribution is 5.85. The van der Waals surface area contributed by atoms with E-state index in [2.05, 4.69) is 46.7 Å². The maximum atomic E-state index is 12.7. The Balaban J connectivity index is 0.00000225. The summed E-state index contributed by atoms with van der Waals surface area (Å²) < 4.78 is 5.95. The van der Waals surface area contributed by atoms with Crippen LogP contribution in [0.3, 0.4) is 0 Å². The maximum absolute atomic E-state index is 12.7. The van der Waals surface area contributed by atoms with Crippen molar-refractivity contribution in [2.45, 2.75) is 25.9 Å². The minimum Gasteiger partial charge on any atom is -0.373 e. The number of benzene rings is 1. The van der Waals surface area contributed by atoms with Gasteiger partial charge in [-0.25, -0.2) is 0 Å². The molecule has 2 fully saturated rings. The van der Waals surface area contributed by atoms with Crippen molar-refractivity contribution in [2.75, 3.05) is 45.9 Å². The largest absolute Gasteiger partial charge is 0.373 e. The van der Waals surface area contributed by atoms with Crippen LogP contribution in [0.1, 0.15) is 30.1 Å². The van der Waals surface area contributed by atoms with E-state index in [9.17, 15) is 4.79 Å². The minimum atomic E-state index is -0.112. The number of hydrogen-bond acceptors (Lipinski definition) is 4. The van der Waals surface area contributed by atoms with Gasteiger partial charge in [-0.15, -0.1) is 12.4 Å². The van der Waals surface area contributed by atoms with Crippen molar-refractivity contribution in [2.24, 2.45) is 5.92 Å². The fraction of sp³-hybridized carbons (Fsp3) is 0.632. The summed E-state index contributed by atoms with van der Waals surface area (Å²) in [6.07, 6.45) is 1.74. The Morgan fingerprint density at radius 2 is 2.00 bits per heavy atom. The van der Waals surface area contributed by atoms with Crippen molar-refractivity contribution in [1.82, 2.24) is 15.5 Å². The van der Waals surface area contributed by atoms with E-state index in [0.717, 1.165) is 64.3 Å². The average Bonchev–Trinajstić information content (AvgIpc) is 2.63. The van der Waals surface area contributed by atoms with E-state index in [4.69, 9.17) is 4.74 Å². The zero-order valence-electron chi connectivity index (χ0n) is 15.0. The van der Waals surface area contributed by atoms with Gasteiger partial charge in [0.15, 0.2) is 0 Å². The highest BCUT2D eigenvalue weighted by atomic mass is 35.5. The van der Waals surface area contributed by atoms with Crippen LogP contribution in [0.2, 0.25) is 0 Å². The number of nitrogens with one attached hydrogen (secondary N) is 2. The van der Waals surface area contributed by atoms with Crippen LogP contribution >= 0.6 is 12.4 Å². The number of aryl methyl sites for hydroxylation is 1. The molecule has 2 atom stereocenters. The number of rotatable bonds is 5. The molecule has 140 valence electrons. The number of carbonyl (C=O) groups is 1. The molecule has 2 heterocycles. The lowest BCUT2D eigenvalue weighted by Crippen LogP contribution is -2.47. The molecule has 0 spiro atoms. The highest BCUT2D eigenvalue weighted by Crippen LogP contribution is 2.33. The summed E-state index contributed by atoms with van der Waals surface area (Å²) in [7, 11) is 0. The molecule has 2 aliphatic heterocycles. The number of ether oxygens (including phenoxy) is 1. The van der Waals surface area contributed by atoms with Gasteiger partial charge in [-0.1, -0.05) is 29.8 Å². The van der Waals surface area contributed by atoms with Gasteiger partial charge >= 0.3 is 0 Å². The lowest BCUT2D eigenvalue weighted by molar-refractivity contribution is -0.134. The van der Waals surface area contributed by atoms with Gasteiger partial charge < -0.3 is 15.4 Å². The van der Waals surface area contributed by atoms with E-state index in [0.29, 0.717) is 0 Å². The topological polar surface area (TPSA) is 53.6 Å². The molecule has 1 aromatic carbocycles. The second-order valence-corrected chi connectivity index (χ2v) is 6.83. The third-order valence-corrected chi connectivity index (χ3v) is 5.00. The smallest absolute Gasteiger partial charge is 0.226 e. The van der Waals surface area contributed by atoms with Gasteiger partial charge in [0, 0.05) is 45.9 Å². The quantitative estimate of drug-likeness (QED) is 0.834. The van der Waals surface area contributed by atoms with Gasteiger partial charge in [-0.2, -0.15) is 0 Å². The summed E-state index contributed by atoms with van der Waals surface area (Å²) in [6.45, 7) is 8.67. The third-order valence-electron chi connectivity index (χ3n) is 5.00. The van der Waals surface area contributed by atoms with E-state index in [-0.39, 0.29) is 30.3 Å². The Bertz CT molecular complexity index is 532. The molecule has 0 bridgehead atoms. The van der Waals surface area contributed by atoms with Gasteiger partial charge in [0.1, 0.15) is 0 Å². The van der Waals surface area contributed by atoms with Crippen LogP contribution in [0.5, 0.6) is 0 Å². The SMILES string of the molecule is Cc1ccc(C2OCCCC2C(=O)NCCN2CCNCC2)cc1.Cl. The van der Waals surface area contributed by atoms with Crippen molar-refractivity contribution >= 4 is 18.3 Å². The molecule has 1 aromatic rings. The molecule has 5 nitrogen and oxygen atoms in total. The van der Waals surface area contributed by atoms with Crippen molar-refractivity contribution in [3.05, 3.63) is 35.4 Å². The molecule has 2 unspecified atom stereocenters. The Morgan fingerprint density at radius 3 is 2.72 bits per heavy atom. The minimum absolute atomic E-state index is 0. The van der Waals surface area contributed by atoms with E-state index in [1.54, 1.807) is 0 Å². The molecule has 3 rings (SSSR count). The first kappa shape index (κ1) is 20.2. The van der Waals surface area contributed by atoms with E-state index in [1.165, 1.54) is 5.56 Å². The third kappa shape index (κ3) is 5.68. The first-order valence-corrected chi connectivity index (χ1v) is 9.13. The molecule has 6 heteroatoms. The van der Waals surface area contributed by atoms with Gasteiger partial charge in [0.25, 0.3) is 0 Å². The Labute approximate surface area is 156 Å². The fourth-order valence-electron chi connectivity index (χ4n) is 3.54. The Kier molecular flexibility index (Phi) is 8.16. The standard InChI is InChI=1S/C19H29N3O2.ClH/c1-15-4-6-16(7-5-15)18-17(3-2-14-24-18)19(23)21-10-13-22-11-8-20-9-12-22;/h4-7,17-18,20H,2-3,8-14H2,1H3,(H,21,23);1H. The van der Waals surface area contributed by atoms with Crippen molar-refractivity contribution in [1.29, 1.82) is 0 Å². The lowest BCUT2D eigenvalue weighted by atomic mass is 9.88. The summed E-state index contributed by atoms with van der Waals surface area (Å²) in [4.78, 5) is 15.1. The molecule has 0 aromatic heterocycles. The van der Waals surface area contributed by atoms with Crippen molar-refractivity contribution in [3.63, 3.8) is 0 Å². The van der Waals surface area contributed by atoms with Gasteiger partial charge in [-0.3, -0.25) is 9.69 Å². The normalized spacial score (nSPS) is 24.4.